The Labute approximate surface area is 97.2 Å². The lowest BCUT2D eigenvalue weighted by molar-refractivity contribution is 0.159. The lowest BCUT2D eigenvalue weighted by atomic mass is 10.2. The van der Waals surface area contributed by atoms with Crippen LogP contribution in [0.25, 0.3) is 0 Å². The van der Waals surface area contributed by atoms with Crippen molar-refractivity contribution >= 4 is 17.8 Å². The number of hydrogen-bond donors (Lipinski definition) is 0. The van der Waals surface area contributed by atoms with Gasteiger partial charge in [-0.1, -0.05) is 6.92 Å². The molecule has 0 aliphatic carbocycles. The van der Waals surface area contributed by atoms with Gasteiger partial charge < -0.3 is 9.80 Å². The summed E-state index contributed by atoms with van der Waals surface area (Å²) >= 11 is 1.81. The van der Waals surface area contributed by atoms with Crippen LogP contribution in [0.1, 0.15) is 26.2 Å². The molecule has 4 heteroatoms. The topological polar surface area (TPSA) is 23.6 Å². The van der Waals surface area contributed by atoms with Crippen LogP contribution in [0, 0.1) is 0 Å². The van der Waals surface area contributed by atoms with Crippen LogP contribution in [-0.4, -0.2) is 54.0 Å². The van der Waals surface area contributed by atoms with Gasteiger partial charge in [0, 0.05) is 31.9 Å². The molecule has 1 aliphatic heterocycles. The number of rotatable bonds is 4. The van der Waals surface area contributed by atoms with Gasteiger partial charge in [-0.05, 0) is 25.5 Å². The van der Waals surface area contributed by atoms with Crippen molar-refractivity contribution in [1.82, 2.24) is 9.80 Å². The van der Waals surface area contributed by atoms with Gasteiger partial charge in [0.05, 0.1) is 0 Å². The van der Waals surface area contributed by atoms with E-state index in [1.165, 1.54) is 12.8 Å². The molecule has 0 bridgehead atoms. The summed E-state index contributed by atoms with van der Waals surface area (Å²) in [5, 5.41) is 0. The summed E-state index contributed by atoms with van der Waals surface area (Å²) in [6, 6.07) is 0.599. The van der Waals surface area contributed by atoms with Crippen molar-refractivity contribution in [2.75, 3.05) is 32.1 Å². The minimum Gasteiger partial charge on any atom is -0.325 e. The number of hydrogen-bond acceptors (Lipinski definition) is 2. The normalized spacial score (nSPS) is 17.9. The first kappa shape index (κ1) is 12.7. The van der Waals surface area contributed by atoms with Crippen molar-refractivity contribution in [3.05, 3.63) is 0 Å². The highest BCUT2D eigenvalue weighted by molar-refractivity contribution is 7.98. The largest absolute Gasteiger partial charge is 0.325 e. The second kappa shape index (κ2) is 6.26. The van der Waals surface area contributed by atoms with Crippen molar-refractivity contribution in [3.8, 4) is 0 Å². The van der Waals surface area contributed by atoms with Gasteiger partial charge in [0.25, 0.3) is 0 Å². The summed E-state index contributed by atoms with van der Waals surface area (Å²) in [6.45, 7) is 4.03. The summed E-state index contributed by atoms with van der Waals surface area (Å²) in [5.41, 5.74) is 0. The zero-order valence-corrected chi connectivity index (χ0v) is 10.8. The van der Waals surface area contributed by atoms with Gasteiger partial charge in [0.2, 0.25) is 0 Å². The lowest BCUT2D eigenvalue weighted by Crippen LogP contribution is -2.45. The van der Waals surface area contributed by atoms with E-state index < -0.39 is 0 Å². The smallest absolute Gasteiger partial charge is 0.320 e. The molecule has 1 saturated heterocycles. The van der Waals surface area contributed by atoms with Crippen LogP contribution in [0.15, 0.2) is 0 Å². The van der Waals surface area contributed by atoms with Gasteiger partial charge in [-0.2, -0.15) is 11.8 Å². The fourth-order valence-corrected chi connectivity index (χ4v) is 2.83. The first-order valence-electron chi connectivity index (χ1n) is 5.71. The van der Waals surface area contributed by atoms with E-state index >= 15 is 0 Å². The van der Waals surface area contributed by atoms with E-state index in [1.807, 2.05) is 28.6 Å². The number of thioether (sulfide) groups is 1. The van der Waals surface area contributed by atoms with Crippen LogP contribution in [0.2, 0.25) is 0 Å². The zero-order valence-electron chi connectivity index (χ0n) is 10.0. The molecule has 1 fully saturated rings. The van der Waals surface area contributed by atoms with Crippen LogP contribution in [0.4, 0.5) is 4.79 Å². The average Bonchev–Trinajstić information content (AvgIpc) is 2.77. The molecule has 1 aliphatic rings. The number of likely N-dealkylation sites (tertiary alicyclic amines) is 1. The first-order chi connectivity index (χ1) is 7.20. The fourth-order valence-electron chi connectivity index (χ4n) is 1.98. The van der Waals surface area contributed by atoms with Gasteiger partial charge in [0.15, 0.2) is 0 Å². The second-order valence-corrected chi connectivity index (χ2v) is 5.02. The maximum Gasteiger partial charge on any atom is 0.320 e. The van der Waals surface area contributed by atoms with Gasteiger partial charge in [-0.15, -0.1) is 0 Å². The van der Waals surface area contributed by atoms with E-state index in [1.54, 1.807) is 0 Å². The maximum atomic E-state index is 12.1. The Morgan fingerprint density at radius 3 is 2.53 bits per heavy atom. The van der Waals surface area contributed by atoms with Crippen molar-refractivity contribution in [2.24, 2.45) is 0 Å². The Hall–Kier alpha value is -0.380. The highest BCUT2D eigenvalue weighted by atomic mass is 32.2. The number of carbonyl (C=O) groups excluding carboxylic acids is 1. The van der Waals surface area contributed by atoms with Crippen LogP contribution >= 0.6 is 11.8 Å². The van der Waals surface area contributed by atoms with Gasteiger partial charge in [-0.25, -0.2) is 4.79 Å². The molecule has 1 heterocycles. The molecule has 1 atom stereocenters. The van der Waals surface area contributed by atoms with E-state index in [2.05, 4.69) is 13.2 Å². The van der Waals surface area contributed by atoms with E-state index in [0.29, 0.717) is 6.04 Å². The van der Waals surface area contributed by atoms with Gasteiger partial charge in [0.1, 0.15) is 0 Å². The Morgan fingerprint density at radius 1 is 1.47 bits per heavy atom. The molecule has 3 nitrogen and oxygen atoms in total. The summed E-state index contributed by atoms with van der Waals surface area (Å²) in [4.78, 5) is 16.0. The highest BCUT2D eigenvalue weighted by Gasteiger charge is 2.25. The van der Waals surface area contributed by atoms with E-state index in [-0.39, 0.29) is 6.03 Å². The molecule has 0 radical (unpaired) electrons. The van der Waals surface area contributed by atoms with Crippen LogP contribution < -0.4 is 0 Å². The number of urea groups is 1. The average molecular weight is 230 g/mol. The van der Waals surface area contributed by atoms with Crippen molar-refractivity contribution in [2.45, 2.75) is 32.2 Å². The summed E-state index contributed by atoms with van der Waals surface area (Å²) in [7, 11) is 1.94. The van der Waals surface area contributed by atoms with Crippen molar-refractivity contribution in [1.29, 1.82) is 0 Å². The quantitative estimate of drug-likeness (QED) is 0.739. The monoisotopic (exact) mass is 230 g/mol. The molecule has 0 aromatic carbocycles. The predicted octanol–water partition coefficient (Wildman–Crippen LogP) is 2.28. The maximum absolute atomic E-state index is 12.1. The first-order valence-corrected chi connectivity index (χ1v) is 7.10. The summed E-state index contributed by atoms with van der Waals surface area (Å²) < 4.78 is 0. The van der Waals surface area contributed by atoms with E-state index in [4.69, 9.17) is 0 Å². The van der Waals surface area contributed by atoms with Crippen LogP contribution in [0.3, 0.4) is 0 Å². The Kier molecular flexibility index (Phi) is 5.29. The Bertz CT molecular complexity index is 205. The van der Waals surface area contributed by atoms with Crippen molar-refractivity contribution in [3.63, 3.8) is 0 Å². The molecule has 88 valence electrons. The molecule has 0 N–H and O–H groups in total. The van der Waals surface area contributed by atoms with Gasteiger partial charge >= 0.3 is 6.03 Å². The molecule has 0 aromatic rings. The van der Waals surface area contributed by atoms with Gasteiger partial charge in [-0.3, -0.25) is 0 Å². The lowest BCUT2D eigenvalue weighted by Gasteiger charge is -2.30. The third-order valence-corrected chi connectivity index (χ3v) is 3.77. The fraction of sp³-hybridized carbons (Fsp3) is 0.909. The minimum absolute atomic E-state index is 0.216. The van der Waals surface area contributed by atoms with Crippen LogP contribution in [-0.2, 0) is 0 Å². The highest BCUT2D eigenvalue weighted by Crippen LogP contribution is 2.14. The Morgan fingerprint density at radius 2 is 2.07 bits per heavy atom. The molecule has 0 spiro atoms. The van der Waals surface area contributed by atoms with E-state index in [0.717, 1.165) is 25.3 Å². The second-order valence-electron chi connectivity index (χ2n) is 4.11. The van der Waals surface area contributed by atoms with E-state index in [9.17, 15) is 4.79 Å². The predicted molar refractivity (Wildman–Crippen MR) is 66.4 cm³/mol. The third-order valence-electron chi connectivity index (χ3n) is 3.06. The minimum atomic E-state index is 0.216. The van der Waals surface area contributed by atoms with Crippen molar-refractivity contribution < 1.29 is 4.79 Å². The SMILES string of the molecule is CCC(CSC)N(C)C(=O)N1CCCC1. The Balaban J connectivity index is 2.48. The third kappa shape index (κ3) is 3.30. The molecular formula is C11H22N2OS. The molecule has 1 unspecified atom stereocenters. The summed E-state index contributed by atoms with van der Waals surface area (Å²) in [6.07, 6.45) is 5.46. The number of amides is 2. The number of carbonyl (C=O) groups is 1. The van der Waals surface area contributed by atoms with Crippen LogP contribution in [0.5, 0.6) is 0 Å². The molecule has 0 saturated carbocycles. The summed E-state index contributed by atoms with van der Waals surface area (Å²) in [5.74, 6) is 1.03. The molecule has 2 amide bonds. The molecule has 15 heavy (non-hydrogen) atoms. The zero-order chi connectivity index (χ0) is 11.3. The number of nitrogens with zero attached hydrogens (tertiary/aromatic N) is 2. The molecule has 0 aromatic heterocycles. The standard InChI is InChI=1S/C11H22N2OS/c1-4-10(9-15-3)12(2)11(14)13-7-5-6-8-13/h10H,4-9H2,1-3H3. The molecular weight excluding hydrogens is 208 g/mol. The molecule has 1 rings (SSSR count).